The van der Waals surface area contributed by atoms with Gasteiger partial charge in [0, 0.05) is 31.8 Å². The van der Waals surface area contributed by atoms with E-state index in [0.717, 1.165) is 33.6 Å². The molecule has 39 heavy (non-hydrogen) atoms. The van der Waals surface area contributed by atoms with Gasteiger partial charge in [0.15, 0.2) is 5.82 Å². The van der Waals surface area contributed by atoms with Crippen LogP contribution in [0.15, 0.2) is 53.3 Å². The Labute approximate surface area is 223 Å². The second kappa shape index (κ2) is 11.1. The number of alkyl halides is 2. The lowest BCUT2D eigenvalue weighted by Gasteiger charge is -2.14. The van der Waals surface area contributed by atoms with Crippen LogP contribution in [0.4, 0.5) is 28.9 Å². The van der Waals surface area contributed by atoms with Crippen molar-refractivity contribution >= 4 is 28.9 Å². The van der Waals surface area contributed by atoms with E-state index in [9.17, 15) is 18.4 Å². The van der Waals surface area contributed by atoms with Crippen LogP contribution in [0.3, 0.4) is 0 Å². The summed E-state index contributed by atoms with van der Waals surface area (Å²) in [4.78, 5) is 30.9. The SMILES string of the molecule is CNc1ccc(Cl)nc1-n1c(=O)c(NC(=O)c2ccc(OC(F)F)cc2)c(-c2c(F)cc(OC)cc2F)n1C. The van der Waals surface area contributed by atoms with Crippen molar-refractivity contribution < 1.29 is 31.8 Å². The topological polar surface area (TPSA) is 99.4 Å². The molecule has 14 heteroatoms. The number of anilines is 2. The quantitative estimate of drug-likeness (QED) is 0.229. The lowest BCUT2D eigenvalue weighted by molar-refractivity contribution is -0.0498. The van der Waals surface area contributed by atoms with Gasteiger partial charge < -0.3 is 20.1 Å². The number of rotatable bonds is 8. The minimum Gasteiger partial charge on any atom is -0.497 e. The minimum atomic E-state index is -3.06. The van der Waals surface area contributed by atoms with Gasteiger partial charge in [0.2, 0.25) is 0 Å². The molecule has 0 bridgehead atoms. The van der Waals surface area contributed by atoms with E-state index in [1.165, 1.54) is 32.4 Å². The van der Waals surface area contributed by atoms with Crippen LogP contribution in [0.25, 0.3) is 17.1 Å². The van der Waals surface area contributed by atoms with Gasteiger partial charge in [-0.3, -0.25) is 14.3 Å². The van der Waals surface area contributed by atoms with Gasteiger partial charge in [0.05, 0.1) is 18.4 Å². The third-order valence-electron chi connectivity index (χ3n) is 5.65. The summed E-state index contributed by atoms with van der Waals surface area (Å²) in [7, 11) is 4.14. The molecule has 0 radical (unpaired) electrons. The molecule has 2 aromatic heterocycles. The molecular formula is C25H20ClF4N5O4. The van der Waals surface area contributed by atoms with Gasteiger partial charge in [0.1, 0.15) is 39.7 Å². The first-order chi connectivity index (χ1) is 18.5. The molecule has 0 fully saturated rings. The highest BCUT2D eigenvalue weighted by atomic mass is 35.5. The van der Waals surface area contributed by atoms with Gasteiger partial charge in [-0.25, -0.2) is 13.8 Å². The molecule has 4 rings (SSSR count). The lowest BCUT2D eigenvalue weighted by Crippen LogP contribution is -2.24. The van der Waals surface area contributed by atoms with Crippen molar-refractivity contribution in [1.82, 2.24) is 14.3 Å². The molecule has 2 N–H and O–H groups in total. The summed E-state index contributed by atoms with van der Waals surface area (Å²) in [6.07, 6.45) is 0. The monoisotopic (exact) mass is 565 g/mol. The van der Waals surface area contributed by atoms with Crippen LogP contribution in [0.1, 0.15) is 10.4 Å². The summed E-state index contributed by atoms with van der Waals surface area (Å²) in [6, 6.07) is 9.47. The molecule has 0 aliphatic heterocycles. The first kappa shape index (κ1) is 27.5. The number of benzene rings is 2. The van der Waals surface area contributed by atoms with Crippen molar-refractivity contribution in [2.24, 2.45) is 7.05 Å². The summed E-state index contributed by atoms with van der Waals surface area (Å²) < 4.78 is 66.6. The Balaban J connectivity index is 1.92. The number of amides is 1. The van der Waals surface area contributed by atoms with Crippen molar-refractivity contribution in [3.8, 4) is 28.6 Å². The predicted molar refractivity (Wildman–Crippen MR) is 136 cm³/mol. The van der Waals surface area contributed by atoms with E-state index in [0.29, 0.717) is 5.69 Å². The fourth-order valence-electron chi connectivity index (χ4n) is 3.89. The third kappa shape index (κ3) is 5.39. The molecule has 2 heterocycles. The second-order valence-electron chi connectivity index (χ2n) is 7.94. The number of halogens is 5. The summed E-state index contributed by atoms with van der Waals surface area (Å²) in [6.45, 7) is -3.06. The number of ether oxygens (including phenoxy) is 2. The van der Waals surface area contributed by atoms with Crippen LogP contribution >= 0.6 is 11.6 Å². The molecule has 204 valence electrons. The number of hydrogen-bond donors (Lipinski definition) is 2. The zero-order valence-electron chi connectivity index (χ0n) is 20.6. The summed E-state index contributed by atoms with van der Waals surface area (Å²) in [5, 5.41) is 5.27. The lowest BCUT2D eigenvalue weighted by atomic mass is 10.1. The fourth-order valence-corrected chi connectivity index (χ4v) is 4.04. The standard InChI is InChI=1S/C25H20ClF4N5O4/c1-31-17-8-9-18(26)32-22(17)35-24(37)20(33-23(36)12-4-6-13(7-5-12)39-25(29)30)21(34(35)2)19-15(27)10-14(38-3)11-16(19)28/h4-11,25,31H,1-3H3,(H,33,36). The van der Waals surface area contributed by atoms with Crippen LogP contribution in [0, 0.1) is 11.6 Å². The maximum Gasteiger partial charge on any atom is 0.387 e. The number of pyridine rings is 1. The number of nitrogens with one attached hydrogen (secondary N) is 2. The maximum atomic E-state index is 15.2. The zero-order valence-corrected chi connectivity index (χ0v) is 21.3. The molecule has 0 saturated carbocycles. The van der Waals surface area contributed by atoms with Crippen LogP contribution in [0.5, 0.6) is 11.5 Å². The van der Waals surface area contributed by atoms with E-state index < -0.39 is 41.0 Å². The van der Waals surface area contributed by atoms with E-state index in [1.807, 2.05) is 0 Å². The van der Waals surface area contributed by atoms with Gasteiger partial charge in [0.25, 0.3) is 11.5 Å². The van der Waals surface area contributed by atoms with E-state index in [4.69, 9.17) is 16.3 Å². The van der Waals surface area contributed by atoms with Crippen LogP contribution in [-0.4, -0.2) is 41.0 Å². The molecule has 0 saturated heterocycles. The smallest absolute Gasteiger partial charge is 0.387 e. The van der Waals surface area contributed by atoms with Crippen molar-refractivity contribution in [3.05, 3.63) is 81.2 Å². The third-order valence-corrected chi connectivity index (χ3v) is 5.86. The summed E-state index contributed by atoms with van der Waals surface area (Å²) in [5.41, 5.74) is -2.03. The van der Waals surface area contributed by atoms with E-state index in [-0.39, 0.29) is 33.7 Å². The molecule has 1 amide bonds. The first-order valence-electron chi connectivity index (χ1n) is 11.1. The summed E-state index contributed by atoms with van der Waals surface area (Å²) >= 11 is 6.06. The normalized spacial score (nSPS) is 11.0. The van der Waals surface area contributed by atoms with Crippen LogP contribution in [0.2, 0.25) is 5.15 Å². The van der Waals surface area contributed by atoms with E-state index in [1.54, 1.807) is 13.1 Å². The Hall–Kier alpha value is -4.52. The van der Waals surface area contributed by atoms with Gasteiger partial charge in [-0.1, -0.05) is 11.6 Å². The first-order valence-corrected chi connectivity index (χ1v) is 11.5. The summed E-state index contributed by atoms with van der Waals surface area (Å²) in [5.74, 6) is -3.32. The largest absolute Gasteiger partial charge is 0.497 e. The van der Waals surface area contributed by atoms with Crippen LogP contribution in [-0.2, 0) is 7.05 Å². The van der Waals surface area contributed by atoms with Gasteiger partial charge >= 0.3 is 6.61 Å². The minimum absolute atomic E-state index is 0.0120. The van der Waals surface area contributed by atoms with Gasteiger partial charge in [-0.15, -0.1) is 0 Å². The van der Waals surface area contributed by atoms with E-state index in [2.05, 4.69) is 20.4 Å². The number of hydrogen-bond acceptors (Lipinski definition) is 6. The number of nitrogens with zero attached hydrogens (tertiary/aromatic N) is 3. The molecule has 9 nitrogen and oxygen atoms in total. The van der Waals surface area contributed by atoms with Crippen molar-refractivity contribution in [3.63, 3.8) is 0 Å². The Kier molecular flexibility index (Phi) is 7.81. The molecule has 0 unspecified atom stereocenters. The Bertz CT molecular complexity index is 1580. The number of carbonyl (C=O) groups excluding carboxylic acids is 1. The highest BCUT2D eigenvalue weighted by Gasteiger charge is 2.29. The van der Waals surface area contributed by atoms with Crippen molar-refractivity contribution in [2.75, 3.05) is 24.8 Å². The van der Waals surface area contributed by atoms with Gasteiger partial charge in [-0.2, -0.15) is 13.5 Å². The van der Waals surface area contributed by atoms with Crippen LogP contribution < -0.4 is 25.7 Å². The average Bonchev–Trinajstić information content (AvgIpc) is 3.12. The Morgan fingerprint density at radius 2 is 1.69 bits per heavy atom. The second-order valence-corrected chi connectivity index (χ2v) is 8.33. The van der Waals surface area contributed by atoms with E-state index >= 15 is 8.78 Å². The Morgan fingerprint density at radius 3 is 2.26 bits per heavy atom. The van der Waals surface area contributed by atoms with Crippen molar-refractivity contribution in [2.45, 2.75) is 6.61 Å². The van der Waals surface area contributed by atoms with Crippen molar-refractivity contribution in [1.29, 1.82) is 0 Å². The predicted octanol–water partition coefficient (Wildman–Crippen LogP) is 5.07. The average molecular weight is 566 g/mol. The highest BCUT2D eigenvalue weighted by molar-refractivity contribution is 6.29. The molecular weight excluding hydrogens is 546 g/mol. The molecule has 2 aromatic carbocycles. The zero-order chi connectivity index (χ0) is 28.4. The number of aromatic nitrogens is 3. The number of carbonyl (C=O) groups is 1. The Morgan fingerprint density at radius 1 is 1.05 bits per heavy atom. The highest BCUT2D eigenvalue weighted by Crippen LogP contribution is 2.35. The molecule has 0 aliphatic carbocycles. The molecule has 0 spiro atoms. The fraction of sp³-hybridized carbons (Fsp3) is 0.160. The molecule has 0 atom stereocenters. The molecule has 4 aromatic rings. The molecule has 0 aliphatic rings. The van der Waals surface area contributed by atoms with Gasteiger partial charge in [-0.05, 0) is 36.4 Å². The maximum absolute atomic E-state index is 15.2. The number of methoxy groups -OCH3 is 1.